The molecular formula is C22H29N3O4S2. The summed E-state index contributed by atoms with van der Waals surface area (Å²) in [4.78, 5) is 15.9. The number of carbonyl (C=O) groups excluding carboxylic acids is 1. The summed E-state index contributed by atoms with van der Waals surface area (Å²) in [5.74, 6) is -0.342. The lowest BCUT2D eigenvalue weighted by molar-refractivity contribution is -0.121. The van der Waals surface area contributed by atoms with Crippen LogP contribution in [0.4, 0.5) is 0 Å². The predicted octanol–water partition coefficient (Wildman–Crippen LogP) is 2.18. The number of morpholine rings is 1. The van der Waals surface area contributed by atoms with E-state index in [2.05, 4.69) is 22.3 Å². The summed E-state index contributed by atoms with van der Waals surface area (Å²) in [7, 11) is -2.30. The van der Waals surface area contributed by atoms with Crippen molar-refractivity contribution < 1.29 is 17.9 Å². The third-order valence-electron chi connectivity index (χ3n) is 5.12. The molecule has 3 rings (SSSR count). The van der Waals surface area contributed by atoms with Crippen molar-refractivity contribution in [1.29, 1.82) is 0 Å². The molecule has 0 spiro atoms. The number of carbonyl (C=O) groups is 1. The number of thioether (sulfide) groups is 1. The van der Waals surface area contributed by atoms with Gasteiger partial charge in [-0.3, -0.25) is 9.69 Å². The smallest absolute Gasteiger partial charge is 0.243 e. The first-order valence-electron chi connectivity index (χ1n) is 10.1. The van der Waals surface area contributed by atoms with E-state index in [0.717, 1.165) is 47.6 Å². The number of hydrogen-bond acceptors (Lipinski definition) is 6. The van der Waals surface area contributed by atoms with E-state index in [1.54, 1.807) is 36.0 Å². The Morgan fingerprint density at radius 1 is 1.13 bits per heavy atom. The lowest BCUT2D eigenvalue weighted by Crippen LogP contribution is -2.38. The molecule has 1 aliphatic heterocycles. The topological polar surface area (TPSA) is 79.0 Å². The summed E-state index contributed by atoms with van der Waals surface area (Å²) in [6, 6.07) is 14.7. The average molecular weight is 464 g/mol. The fourth-order valence-corrected chi connectivity index (χ4v) is 4.86. The van der Waals surface area contributed by atoms with Gasteiger partial charge in [0.1, 0.15) is 0 Å². The highest BCUT2D eigenvalue weighted by molar-refractivity contribution is 7.98. The Labute approximate surface area is 188 Å². The number of ether oxygens (including phenoxy) is 1. The maximum absolute atomic E-state index is 12.7. The zero-order chi connectivity index (χ0) is 22.3. The first-order chi connectivity index (χ1) is 14.9. The molecule has 2 aromatic carbocycles. The maximum Gasteiger partial charge on any atom is 0.243 e. The van der Waals surface area contributed by atoms with Crippen LogP contribution in [0.1, 0.15) is 11.1 Å². The Hall–Kier alpha value is -1.91. The summed E-state index contributed by atoms with van der Waals surface area (Å²) in [5, 5.41) is 2.82. The second kappa shape index (κ2) is 11.1. The summed E-state index contributed by atoms with van der Waals surface area (Å²) >= 11 is 1.54. The molecule has 1 fully saturated rings. The number of nitrogens with one attached hydrogen (secondary N) is 1. The molecule has 0 unspecified atom stereocenters. The van der Waals surface area contributed by atoms with Crippen LogP contribution in [-0.4, -0.2) is 69.7 Å². The van der Waals surface area contributed by atoms with Crippen LogP contribution in [0, 0.1) is 0 Å². The van der Waals surface area contributed by atoms with Crippen LogP contribution in [-0.2, 0) is 32.6 Å². The molecule has 1 aliphatic rings. The van der Waals surface area contributed by atoms with E-state index >= 15 is 0 Å². The minimum Gasteiger partial charge on any atom is -0.379 e. The number of rotatable bonds is 9. The van der Waals surface area contributed by atoms with E-state index in [1.807, 2.05) is 18.4 Å². The van der Waals surface area contributed by atoms with Crippen LogP contribution in [0.25, 0.3) is 0 Å². The fourth-order valence-electron chi connectivity index (χ4n) is 3.33. The molecule has 168 valence electrons. The van der Waals surface area contributed by atoms with Crippen molar-refractivity contribution >= 4 is 27.7 Å². The minimum absolute atomic E-state index is 0.177. The maximum atomic E-state index is 12.7. The molecule has 1 heterocycles. The number of benzene rings is 2. The van der Waals surface area contributed by atoms with Crippen LogP contribution >= 0.6 is 11.8 Å². The third kappa shape index (κ3) is 6.78. The van der Waals surface area contributed by atoms with Crippen molar-refractivity contribution in [1.82, 2.24) is 14.5 Å². The molecule has 0 bridgehead atoms. The second-order valence-electron chi connectivity index (χ2n) is 7.42. The van der Waals surface area contributed by atoms with Crippen molar-refractivity contribution in [3.63, 3.8) is 0 Å². The van der Waals surface area contributed by atoms with E-state index in [-0.39, 0.29) is 17.3 Å². The molecule has 0 aromatic heterocycles. The van der Waals surface area contributed by atoms with Gasteiger partial charge in [-0.05, 0) is 41.6 Å². The molecule has 0 saturated carbocycles. The third-order valence-corrected chi connectivity index (χ3v) is 7.69. The molecule has 1 saturated heterocycles. The number of sulfonamides is 1. The Bertz CT molecular complexity index is 975. The first-order valence-corrected chi connectivity index (χ1v) is 12.8. The van der Waals surface area contributed by atoms with Crippen molar-refractivity contribution in [2.75, 3.05) is 46.2 Å². The molecule has 1 amide bonds. The SMILES string of the molecule is CSc1ccc(S(=O)(=O)N(C)CC(=O)NCc2cccc(CN3CCOCC3)c2)cc1. The number of nitrogens with zero attached hydrogens (tertiary/aromatic N) is 2. The molecule has 7 nitrogen and oxygen atoms in total. The van der Waals surface area contributed by atoms with Gasteiger partial charge in [-0.25, -0.2) is 8.42 Å². The number of amides is 1. The zero-order valence-corrected chi connectivity index (χ0v) is 19.5. The van der Waals surface area contributed by atoms with E-state index in [1.165, 1.54) is 12.6 Å². The van der Waals surface area contributed by atoms with Gasteiger partial charge < -0.3 is 10.1 Å². The van der Waals surface area contributed by atoms with Crippen molar-refractivity contribution in [3.8, 4) is 0 Å². The van der Waals surface area contributed by atoms with Gasteiger partial charge in [-0.15, -0.1) is 11.8 Å². The summed E-state index contributed by atoms with van der Waals surface area (Å²) in [5.41, 5.74) is 2.17. The van der Waals surface area contributed by atoms with Gasteiger partial charge in [0.15, 0.2) is 0 Å². The Kier molecular flexibility index (Phi) is 8.50. The molecule has 31 heavy (non-hydrogen) atoms. The zero-order valence-electron chi connectivity index (χ0n) is 17.9. The Morgan fingerprint density at radius 2 is 1.81 bits per heavy atom. The lowest BCUT2D eigenvalue weighted by Gasteiger charge is -2.26. The van der Waals surface area contributed by atoms with Gasteiger partial charge in [0, 0.05) is 38.1 Å². The summed E-state index contributed by atoms with van der Waals surface area (Å²) in [6.07, 6.45) is 1.93. The van der Waals surface area contributed by atoms with Gasteiger partial charge in [-0.1, -0.05) is 24.3 Å². The molecule has 0 aliphatic carbocycles. The Morgan fingerprint density at radius 3 is 2.48 bits per heavy atom. The molecule has 0 radical (unpaired) electrons. The van der Waals surface area contributed by atoms with Gasteiger partial charge in [0.2, 0.25) is 15.9 Å². The van der Waals surface area contributed by atoms with Gasteiger partial charge >= 0.3 is 0 Å². The molecule has 0 atom stereocenters. The molecular weight excluding hydrogens is 434 g/mol. The van der Waals surface area contributed by atoms with Gasteiger partial charge in [0.05, 0.1) is 24.7 Å². The van der Waals surface area contributed by atoms with Crippen molar-refractivity contribution in [2.45, 2.75) is 22.9 Å². The summed E-state index contributed by atoms with van der Waals surface area (Å²) < 4.78 is 31.9. The molecule has 9 heteroatoms. The molecule has 2 aromatic rings. The second-order valence-corrected chi connectivity index (χ2v) is 10.3. The van der Waals surface area contributed by atoms with E-state index in [9.17, 15) is 13.2 Å². The van der Waals surface area contributed by atoms with Crippen LogP contribution in [0.2, 0.25) is 0 Å². The normalized spacial score (nSPS) is 15.2. The summed E-state index contributed by atoms with van der Waals surface area (Å²) in [6.45, 7) is 4.32. The lowest BCUT2D eigenvalue weighted by atomic mass is 10.1. The van der Waals surface area contributed by atoms with Crippen molar-refractivity contribution in [3.05, 3.63) is 59.7 Å². The van der Waals surface area contributed by atoms with Crippen LogP contribution in [0.15, 0.2) is 58.3 Å². The van der Waals surface area contributed by atoms with Crippen LogP contribution < -0.4 is 5.32 Å². The predicted molar refractivity (Wildman–Crippen MR) is 122 cm³/mol. The standard InChI is InChI=1S/C22H29N3O4S2/c1-24(31(27,28)21-8-6-20(30-2)7-9-21)17-22(26)23-15-18-4-3-5-19(14-18)16-25-10-12-29-13-11-25/h3-9,14H,10-13,15-17H2,1-2H3,(H,23,26). The highest BCUT2D eigenvalue weighted by atomic mass is 32.2. The molecule has 1 N–H and O–H groups in total. The van der Waals surface area contributed by atoms with Crippen molar-refractivity contribution in [2.24, 2.45) is 0 Å². The Balaban J connectivity index is 1.52. The number of likely N-dealkylation sites (N-methyl/N-ethyl adjacent to an activating group) is 1. The monoisotopic (exact) mass is 463 g/mol. The highest BCUT2D eigenvalue weighted by Crippen LogP contribution is 2.19. The van der Waals surface area contributed by atoms with Crippen LogP contribution in [0.5, 0.6) is 0 Å². The first kappa shape index (κ1) is 23.7. The number of hydrogen-bond donors (Lipinski definition) is 1. The highest BCUT2D eigenvalue weighted by Gasteiger charge is 2.22. The van der Waals surface area contributed by atoms with Gasteiger partial charge in [0.25, 0.3) is 0 Å². The largest absolute Gasteiger partial charge is 0.379 e. The quantitative estimate of drug-likeness (QED) is 0.575. The average Bonchev–Trinajstić information content (AvgIpc) is 2.78. The fraction of sp³-hybridized carbons (Fsp3) is 0.409. The van der Waals surface area contributed by atoms with Crippen LogP contribution in [0.3, 0.4) is 0 Å². The van der Waals surface area contributed by atoms with E-state index in [4.69, 9.17) is 4.74 Å². The van der Waals surface area contributed by atoms with Gasteiger partial charge in [-0.2, -0.15) is 4.31 Å². The minimum atomic E-state index is -3.72. The van der Waals surface area contributed by atoms with E-state index in [0.29, 0.717) is 6.54 Å². The van der Waals surface area contributed by atoms with E-state index < -0.39 is 10.0 Å².